The average Bonchev–Trinajstić information content (AvgIpc) is 2.26. The predicted octanol–water partition coefficient (Wildman–Crippen LogP) is 2.76. The number of nitrogens with zero attached hydrogens (tertiary/aromatic N) is 1. The highest BCUT2D eigenvalue weighted by molar-refractivity contribution is 6.30. The molecule has 0 atom stereocenters. The van der Waals surface area contributed by atoms with Gasteiger partial charge in [-0.25, -0.2) is 14.2 Å². The van der Waals surface area contributed by atoms with E-state index < -0.39 is 17.5 Å². The summed E-state index contributed by atoms with van der Waals surface area (Å²) in [5.74, 6) is -0.737. The Morgan fingerprint density at radius 3 is 2.74 bits per heavy atom. The third-order valence-corrected chi connectivity index (χ3v) is 2.39. The first kappa shape index (κ1) is 15.7. The highest BCUT2D eigenvalue weighted by atomic mass is 35.5. The van der Waals surface area contributed by atoms with Crippen LogP contribution in [-0.2, 0) is 11.2 Å². The number of halogens is 2. The number of hydrogen-bond acceptors (Lipinski definition) is 4. The summed E-state index contributed by atoms with van der Waals surface area (Å²) in [6.07, 6.45) is 0.179. The van der Waals surface area contributed by atoms with Gasteiger partial charge in [0.25, 0.3) is 0 Å². The molecule has 0 saturated carbocycles. The zero-order chi connectivity index (χ0) is 14.6. The monoisotopic (exact) mass is 290 g/mol. The Morgan fingerprint density at radius 1 is 1.58 bits per heavy atom. The second-order valence-corrected chi connectivity index (χ2v) is 5.21. The van der Waals surface area contributed by atoms with E-state index in [0.717, 1.165) is 6.20 Å². The second-order valence-electron chi connectivity index (χ2n) is 4.85. The first-order chi connectivity index (χ1) is 8.74. The van der Waals surface area contributed by atoms with Gasteiger partial charge < -0.3 is 9.84 Å². The number of aliphatic hydroxyl groups is 1. The lowest BCUT2D eigenvalue weighted by atomic mass is 10.1. The van der Waals surface area contributed by atoms with Gasteiger partial charge >= 0.3 is 6.09 Å². The Bertz CT molecular complexity index is 475. The Kier molecular flexibility index (Phi) is 5.08. The number of carbonyl (C=O) groups excluding carboxylic acids is 1. The van der Waals surface area contributed by atoms with Gasteiger partial charge in [0.15, 0.2) is 5.82 Å². The topological polar surface area (TPSA) is 71.5 Å². The molecule has 1 aromatic rings. The number of nitrogens with one attached hydrogen (secondary N) is 1. The van der Waals surface area contributed by atoms with Crippen LogP contribution in [0.25, 0.3) is 0 Å². The number of amides is 1. The SMILES string of the molecule is CC(C)(C)OC(=O)Nc1c(F)cnc(Cl)c1CCO. The van der Waals surface area contributed by atoms with Gasteiger partial charge in [-0.05, 0) is 20.8 Å². The minimum atomic E-state index is -0.798. The fourth-order valence-electron chi connectivity index (χ4n) is 1.38. The summed E-state index contributed by atoms with van der Waals surface area (Å²) in [6, 6.07) is 0. The molecule has 0 saturated heterocycles. The van der Waals surface area contributed by atoms with Crippen molar-refractivity contribution in [3.8, 4) is 0 Å². The summed E-state index contributed by atoms with van der Waals surface area (Å²) in [5.41, 5.74) is -0.590. The fraction of sp³-hybridized carbons (Fsp3) is 0.500. The maximum atomic E-state index is 13.7. The van der Waals surface area contributed by atoms with Gasteiger partial charge in [-0.15, -0.1) is 0 Å². The fourth-order valence-corrected chi connectivity index (χ4v) is 1.62. The van der Waals surface area contributed by atoms with Crippen LogP contribution in [0.15, 0.2) is 6.20 Å². The van der Waals surface area contributed by atoms with Crippen molar-refractivity contribution in [1.82, 2.24) is 4.98 Å². The maximum absolute atomic E-state index is 13.7. The summed E-state index contributed by atoms with van der Waals surface area (Å²) in [5, 5.41) is 11.2. The van der Waals surface area contributed by atoms with E-state index in [9.17, 15) is 9.18 Å². The summed E-state index contributed by atoms with van der Waals surface area (Å²) < 4.78 is 18.7. The summed E-state index contributed by atoms with van der Waals surface area (Å²) in [7, 11) is 0. The van der Waals surface area contributed by atoms with E-state index in [1.54, 1.807) is 20.8 Å². The van der Waals surface area contributed by atoms with Gasteiger partial charge in [0.1, 0.15) is 10.8 Å². The third-order valence-electron chi connectivity index (χ3n) is 2.07. The molecule has 0 radical (unpaired) electrons. The van der Waals surface area contributed by atoms with E-state index in [1.807, 2.05) is 0 Å². The van der Waals surface area contributed by atoms with Crippen LogP contribution in [0, 0.1) is 5.82 Å². The number of aromatic nitrogens is 1. The third kappa shape index (κ3) is 4.65. The van der Waals surface area contributed by atoms with Crippen LogP contribution >= 0.6 is 11.6 Å². The zero-order valence-electron chi connectivity index (χ0n) is 11.0. The molecule has 0 bridgehead atoms. The number of carbonyl (C=O) groups is 1. The van der Waals surface area contributed by atoms with Crippen molar-refractivity contribution in [2.45, 2.75) is 32.8 Å². The van der Waals surface area contributed by atoms with Crippen LogP contribution in [-0.4, -0.2) is 28.4 Å². The number of pyridine rings is 1. The summed E-state index contributed by atoms with van der Waals surface area (Å²) in [6.45, 7) is 4.83. The Morgan fingerprint density at radius 2 is 2.21 bits per heavy atom. The standard InChI is InChI=1S/C12H16ClFN2O3/c1-12(2,3)19-11(18)16-9-7(4-5-17)10(13)15-6-8(9)14/h6,17H,4-5H2,1-3H3,(H,15,16,18). The number of ether oxygens (including phenoxy) is 1. The van der Waals surface area contributed by atoms with Crippen LogP contribution in [0.1, 0.15) is 26.3 Å². The van der Waals surface area contributed by atoms with Gasteiger partial charge in [-0.1, -0.05) is 11.6 Å². The van der Waals surface area contributed by atoms with Crippen molar-refractivity contribution in [2.75, 3.05) is 11.9 Å². The molecule has 0 fully saturated rings. The largest absolute Gasteiger partial charge is 0.444 e. The lowest BCUT2D eigenvalue weighted by Gasteiger charge is -2.20. The molecule has 0 spiro atoms. The molecule has 106 valence electrons. The molecule has 2 N–H and O–H groups in total. The van der Waals surface area contributed by atoms with Crippen LogP contribution in [0.3, 0.4) is 0 Å². The van der Waals surface area contributed by atoms with Gasteiger partial charge in [-0.2, -0.15) is 0 Å². The lowest BCUT2D eigenvalue weighted by Crippen LogP contribution is -2.28. The molecule has 0 aliphatic carbocycles. The number of aliphatic hydroxyl groups excluding tert-OH is 1. The molecule has 1 amide bonds. The zero-order valence-corrected chi connectivity index (χ0v) is 11.7. The van der Waals surface area contributed by atoms with E-state index in [0.29, 0.717) is 0 Å². The highest BCUT2D eigenvalue weighted by Crippen LogP contribution is 2.26. The minimum Gasteiger partial charge on any atom is -0.444 e. The van der Waals surface area contributed by atoms with Crippen LogP contribution < -0.4 is 5.32 Å². The van der Waals surface area contributed by atoms with E-state index in [-0.39, 0.29) is 29.4 Å². The Labute approximate surface area is 115 Å². The lowest BCUT2D eigenvalue weighted by molar-refractivity contribution is 0.0635. The van der Waals surface area contributed by atoms with Gasteiger partial charge in [0.2, 0.25) is 0 Å². The van der Waals surface area contributed by atoms with Gasteiger partial charge in [0, 0.05) is 18.6 Å². The van der Waals surface area contributed by atoms with Crippen molar-refractivity contribution in [1.29, 1.82) is 0 Å². The van der Waals surface area contributed by atoms with E-state index in [1.165, 1.54) is 0 Å². The van der Waals surface area contributed by atoms with Crippen molar-refractivity contribution in [3.63, 3.8) is 0 Å². The second kappa shape index (κ2) is 6.16. The van der Waals surface area contributed by atoms with E-state index >= 15 is 0 Å². The van der Waals surface area contributed by atoms with Crippen molar-refractivity contribution < 1.29 is 19.0 Å². The number of rotatable bonds is 3. The molecule has 0 aromatic carbocycles. The molecule has 0 aliphatic heterocycles. The van der Waals surface area contributed by atoms with Crippen LogP contribution in [0.5, 0.6) is 0 Å². The molecular weight excluding hydrogens is 275 g/mol. The molecule has 0 unspecified atom stereocenters. The molecule has 5 nitrogen and oxygen atoms in total. The van der Waals surface area contributed by atoms with Gasteiger partial charge in [-0.3, -0.25) is 5.32 Å². The van der Waals surface area contributed by atoms with Gasteiger partial charge in [0.05, 0.1) is 11.9 Å². The molecule has 19 heavy (non-hydrogen) atoms. The van der Waals surface area contributed by atoms with E-state index in [4.69, 9.17) is 21.4 Å². The van der Waals surface area contributed by atoms with Crippen molar-refractivity contribution >= 4 is 23.4 Å². The molecule has 7 heteroatoms. The number of anilines is 1. The molecule has 1 rings (SSSR count). The predicted molar refractivity (Wildman–Crippen MR) is 69.9 cm³/mol. The molecule has 1 aromatic heterocycles. The minimum absolute atomic E-state index is 0.0292. The summed E-state index contributed by atoms with van der Waals surface area (Å²) in [4.78, 5) is 15.2. The van der Waals surface area contributed by atoms with E-state index in [2.05, 4.69) is 10.3 Å². The molecule has 1 heterocycles. The quantitative estimate of drug-likeness (QED) is 0.840. The van der Waals surface area contributed by atoms with Crippen molar-refractivity contribution in [2.24, 2.45) is 0 Å². The first-order valence-corrected chi connectivity index (χ1v) is 6.06. The van der Waals surface area contributed by atoms with Crippen molar-refractivity contribution in [3.05, 3.63) is 22.7 Å². The first-order valence-electron chi connectivity index (χ1n) is 5.68. The van der Waals surface area contributed by atoms with Crippen LogP contribution in [0.4, 0.5) is 14.9 Å². The number of hydrogen-bond donors (Lipinski definition) is 2. The normalized spacial score (nSPS) is 11.3. The molecular formula is C12H16ClFN2O3. The highest BCUT2D eigenvalue weighted by Gasteiger charge is 2.20. The maximum Gasteiger partial charge on any atom is 0.412 e. The summed E-state index contributed by atoms with van der Waals surface area (Å²) >= 11 is 5.82. The van der Waals surface area contributed by atoms with Crippen LogP contribution in [0.2, 0.25) is 5.15 Å². The average molecular weight is 291 g/mol. The molecule has 0 aliphatic rings. The smallest absolute Gasteiger partial charge is 0.412 e. The Hall–Kier alpha value is -1.40. The Balaban J connectivity index is 2.99.